The molecular weight excluding hydrogens is 608 g/mol. The van der Waals surface area contributed by atoms with Crippen molar-refractivity contribution in [3.8, 4) is 19.5 Å². The van der Waals surface area contributed by atoms with Crippen LogP contribution in [-0.4, -0.2) is 83.5 Å². The van der Waals surface area contributed by atoms with Gasteiger partial charge in [0.2, 0.25) is 0 Å². The van der Waals surface area contributed by atoms with Gasteiger partial charge in [-0.15, -0.1) is 34.0 Å². The smallest absolute Gasteiger partial charge is 0.268 e. The first-order valence-corrected chi connectivity index (χ1v) is 14.8. The lowest BCUT2D eigenvalue weighted by atomic mass is 10.1. The van der Waals surface area contributed by atoms with Gasteiger partial charge in [0.05, 0.1) is 9.90 Å². The number of barbiturate groups is 2. The zero-order valence-corrected chi connectivity index (χ0v) is 25.5. The van der Waals surface area contributed by atoms with E-state index in [1.165, 1.54) is 74.4 Å². The molecule has 2 aliphatic heterocycles. The summed E-state index contributed by atoms with van der Waals surface area (Å²) in [6.07, 6.45) is 2.94. The van der Waals surface area contributed by atoms with E-state index in [-0.39, 0.29) is 11.1 Å². The number of hydrogen-bond donors (Lipinski definition) is 0. The highest BCUT2D eigenvalue weighted by atomic mass is 35.5. The third-order valence-corrected chi connectivity index (χ3v) is 10.7. The monoisotopic (exact) mass is 628 g/mol. The molecule has 3 aromatic rings. The molecule has 10 nitrogen and oxygen atoms in total. The molecule has 2 saturated heterocycles. The number of amides is 8. The molecule has 3 aromatic heterocycles. The summed E-state index contributed by atoms with van der Waals surface area (Å²) >= 11 is 10.8. The average Bonchev–Trinajstić information content (AvgIpc) is 3.67. The highest BCUT2D eigenvalue weighted by Crippen LogP contribution is 2.46. The van der Waals surface area contributed by atoms with Gasteiger partial charge in [0, 0.05) is 52.6 Å². The van der Waals surface area contributed by atoms with E-state index in [1.54, 1.807) is 6.07 Å². The average molecular weight is 629 g/mol. The highest BCUT2D eigenvalue weighted by molar-refractivity contribution is 7.27. The summed E-state index contributed by atoms with van der Waals surface area (Å²) in [5, 5.41) is 0.455. The van der Waals surface area contributed by atoms with Crippen molar-refractivity contribution in [2.45, 2.75) is 6.92 Å². The summed E-state index contributed by atoms with van der Waals surface area (Å²) in [4.78, 5) is 82.7. The molecule has 0 bridgehead atoms. The van der Waals surface area contributed by atoms with E-state index in [9.17, 15) is 28.8 Å². The summed E-state index contributed by atoms with van der Waals surface area (Å²) in [6, 6.07) is 6.01. The van der Waals surface area contributed by atoms with Crippen LogP contribution >= 0.6 is 45.6 Å². The summed E-state index contributed by atoms with van der Waals surface area (Å²) in [7, 11) is 5.30. The standard InChI is InChI=1S/C27H21ClN4O6S3/c1-12-8-19(21-17(28)11-14(40-21)10-16-24(35)31(4)27(38)32(5)25(16)36)41-20(12)18-7-6-13(39-18)9-15-22(33)29(2)26(37)30(3)23(15)34/h6-11H,1-5H3. The van der Waals surface area contributed by atoms with Gasteiger partial charge in [-0.05, 0) is 48.9 Å². The molecule has 41 heavy (non-hydrogen) atoms. The molecule has 0 N–H and O–H groups in total. The second-order valence-corrected chi connectivity index (χ2v) is 12.9. The first-order valence-electron chi connectivity index (χ1n) is 11.9. The van der Waals surface area contributed by atoms with E-state index in [4.69, 9.17) is 11.6 Å². The molecule has 210 valence electrons. The SMILES string of the molecule is Cc1cc(-c2sc(C=C3C(=O)N(C)C(=O)N(C)C3=O)cc2Cl)sc1-c1ccc(C=C2C(=O)N(C)C(=O)N(C)C2=O)s1. The van der Waals surface area contributed by atoms with E-state index >= 15 is 0 Å². The van der Waals surface area contributed by atoms with E-state index in [0.29, 0.717) is 14.8 Å². The van der Waals surface area contributed by atoms with E-state index < -0.39 is 35.7 Å². The Morgan fingerprint density at radius 2 is 1.10 bits per heavy atom. The van der Waals surface area contributed by atoms with Gasteiger partial charge >= 0.3 is 12.1 Å². The minimum Gasteiger partial charge on any atom is -0.268 e. The van der Waals surface area contributed by atoms with Crippen LogP contribution in [-0.2, 0) is 19.2 Å². The van der Waals surface area contributed by atoms with Crippen LogP contribution in [0, 0.1) is 6.92 Å². The van der Waals surface area contributed by atoms with Crippen LogP contribution in [0.3, 0.4) is 0 Å². The molecule has 0 spiro atoms. The zero-order chi connectivity index (χ0) is 29.9. The van der Waals surface area contributed by atoms with Crippen molar-refractivity contribution in [2.24, 2.45) is 0 Å². The maximum Gasteiger partial charge on any atom is 0.333 e. The molecule has 0 unspecified atom stereocenters. The fourth-order valence-corrected chi connectivity index (χ4v) is 8.12. The van der Waals surface area contributed by atoms with Crippen molar-refractivity contribution in [1.82, 2.24) is 19.6 Å². The number of carbonyl (C=O) groups excluding carboxylic acids is 6. The lowest BCUT2D eigenvalue weighted by Gasteiger charge is -2.28. The zero-order valence-electron chi connectivity index (χ0n) is 22.3. The quantitative estimate of drug-likeness (QED) is 0.296. The first kappa shape index (κ1) is 28.6. The number of rotatable bonds is 4. The minimum absolute atomic E-state index is 0.0877. The van der Waals surface area contributed by atoms with Crippen LogP contribution in [0.2, 0.25) is 5.02 Å². The van der Waals surface area contributed by atoms with Gasteiger partial charge in [-0.25, -0.2) is 9.59 Å². The Hall–Kier alpha value is -3.91. The number of hydrogen-bond acceptors (Lipinski definition) is 9. The van der Waals surface area contributed by atoms with Crippen molar-refractivity contribution in [3.63, 3.8) is 0 Å². The summed E-state index contributed by atoms with van der Waals surface area (Å²) in [5.74, 6) is -2.66. The number of halogens is 1. The van der Waals surface area contributed by atoms with Gasteiger partial charge in [-0.1, -0.05) is 11.6 Å². The van der Waals surface area contributed by atoms with Crippen LogP contribution in [0.1, 0.15) is 15.3 Å². The molecule has 0 aromatic carbocycles. The predicted molar refractivity (Wildman–Crippen MR) is 159 cm³/mol. The largest absolute Gasteiger partial charge is 0.333 e. The molecule has 0 saturated carbocycles. The number of aryl methyl sites for hydroxylation is 1. The number of nitrogens with zero attached hydrogens (tertiary/aromatic N) is 4. The van der Waals surface area contributed by atoms with Gasteiger partial charge in [0.15, 0.2) is 0 Å². The number of urea groups is 2. The molecular formula is C27H21ClN4O6S3. The van der Waals surface area contributed by atoms with Crippen LogP contribution < -0.4 is 0 Å². The van der Waals surface area contributed by atoms with Gasteiger partial charge < -0.3 is 0 Å². The molecule has 14 heteroatoms. The lowest BCUT2D eigenvalue weighted by molar-refractivity contribution is -0.135. The molecule has 2 aliphatic rings. The highest BCUT2D eigenvalue weighted by Gasteiger charge is 2.39. The van der Waals surface area contributed by atoms with Gasteiger partial charge in [-0.3, -0.25) is 38.8 Å². The summed E-state index contributed by atoms with van der Waals surface area (Å²) < 4.78 is 0. The number of carbonyl (C=O) groups is 6. The Balaban J connectivity index is 1.44. The van der Waals surface area contributed by atoms with Crippen molar-refractivity contribution >= 4 is 93.5 Å². The number of likely N-dealkylation sites (N-methyl/N-ethyl adjacent to an activating group) is 4. The third kappa shape index (κ3) is 4.84. The van der Waals surface area contributed by atoms with Crippen LogP contribution in [0.25, 0.3) is 31.7 Å². The Morgan fingerprint density at radius 1 is 0.610 bits per heavy atom. The second kappa shape index (κ2) is 10.5. The van der Waals surface area contributed by atoms with E-state index in [0.717, 1.165) is 44.7 Å². The molecule has 0 aliphatic carbocycles. The van der Waals surface area contributed by atoms with Gasteiger partial charge in [0.25, 0.3) is 23.6 Å². The van der Waals surface area contributed by atoms with E-state index in [2.05, 4.69) is 0 Å². The minimum atomic E-state index is -0.691. The maximum absolute atomic E-state index is 12.6. The Kier molecular flexibility index (Phi) is 7.32. The normalized spacial score (nSPS) is 16.5. The molecule has 5 heterocycles. The van der Waals surface area contributed by atoms with Crippen LogP contribution in [0.4, 0.5) is 9.59 Å². The van der Waals surface area contributed by atoms with Crippen LogP contribution in [0.15, 0.2) is 35.4 Å². The number of imide groups is 4. The second-order valence-electron chi connectivity index (χ2n) is 9.29. The molecule has 0 radical (unpaired) electrons. The predicted octanol–water partition coefficient (Wildman–Crippen LogP) is 5.03. The van der Waals surface area contributed by atoms with Crippen molar-refractivity contribution in [1.29, 1.82) is 0 Å². The summed E-state index contributed by atoms with van der Waals surface area (Å²) in [5.41, 5.74) is 0.777. The van der Waals surface area contributed by atoms with E-state index in [1.807, 2.05) is 25.1 Å². The number of thiophene rings is 3. The lowest BCUT2D eigenvalue weighted by Crippen LogP contribution is -2.52. The Labute approximate surface area is 251 Å². The molecule has 8 amide bonds. The molecule has 5 rings (SSSR count). The molecule has 2 fully saturated rings. The molecule has 0 atom stereocenters. The fraction of sp³-hybridized carbons (Fsp3) is 0.185. The topological polar surface area (TPSA) is 115 Å². The first-order chi connectivity index (χ1) is 19.3. The van der Waals surface area contributed by atoms with Crippen molar-refractivity contribution < 1.29 is 28.8 Å². The maximum atomic E-state index is 12.6. The van der Waals surface area contributed by atoms with Crippen LogP contribution in [0.5, 0.6) is 0 Å². The van der Waals surface area contributed by atoms with Crippen molar-refractivity contribution in [2.75, 3.05) is 28.2 Å². The van der Waals surface area contributed by atoms with Gasteiger partial charge in [-0.2, -0.15) is 0 Å². The third-order valence-electron chi connectivity index (χ3n) is 6.56. The van der Waals surface area contributed by atoms with Gasteiger partial charge in [0.1, 0.15) is 11.1 Å². The fourth-order valence-electron chi connectivity index (χ4n) is 4.25. The van der Waals surface area contributed by atoms with Crippen molar-refractivity contribution in [3.05, 3.63) is 55.8 Å². The Morgan fingerprint density at radius 3 is 1.61 bits per heavy atom. The summed E-state index contributed by atoms with van der Waals surface area (Å²) in [6.45, 7) is 1.96. The Bertz CT molecular complexity index is 1710.